The minimum atomic E-state index is -2.87. The number of thiophene rings is 1. The van der Waals surface area contributed by atoms with Crippen molar-refractivity contribution in [2.45, 2.75) is 22.5 Å². The van der Waals surface area contributed by atoms with Crippen LogP contribution in [0.15, 0.2) is 34.4 Å². The molecule has 8 N–H and O–H groups in total. The Bertz CT molecular complexity index is 1520. The molecule has 0 amide bonds. The number of aromatic nitrogens is 3. The Kier molecular flexibility index (Phi) is 4.90. The Morgan fingerprint density at radius 1 is 1.06 bits per heavy atom. The van der Waals surface area contributed by atoms with Crippen molar-refractivity contribution in [3.63, 3.8) is 0 Å². The maximum absolute atomic E-state index is 12.8. The van der Waals surface area contributed by atoms with E-state index in [9.17, 15) is 25.2 Å². The molecule has 4 heterocycles. The molecule has 1 fully saturated rings. The van der Waals surface area contributed by atoms with Gasteiger partial charge in [-0.3, -0.25) is 14.6 Å². The number of pyridine rings is 1. The van der Waals surface area contributed by atoms with E-state index in [0.717, 1.165) is 4.90 Å². The van der Waals surface area contributed by atoms with Crippen molar-refractivity contribution in [2.24, 2.45) is 0 Å². The van der Waals surface area contributed by atoms with Crippen LogP contribution in [-0.2, 0) is 0 Å². The number of piperazine rings is 1. The van der Waals surface area contributed by atoms with Crippen molar-refractivity contribution in [3.8, 4) is 11.4 Å². The molecule has 178 valence electrons. The molecule has 2 atom stereocenters. The molecule has 4 aromatic rings. The third-order valence-electron chi connectivity index (χ3n) is 7.67. The number of aliphatic hydroxyl groups is 4. The number of fused-ring (bicyclic) bond motifs is 2. The number of aromatic amines is 2. The van der Waals surface area contributed by atoms with Crippen molar-refractivity contribution in [2.75, 3.05) is 17.7 Å². The highest BCUT2D eigenvalue weighted by Crippen LogP contribution is 2.45. The van der Waals surface area contributed by atoms with Gasteiger partial charge in [0.1, 0.15) is 37.5 Å². The van der Waals surface area contributed by atoms with Gasteiger partial charge in [0.25, 0.3) is 11.5 Å². The van der Waals surface area contributed by atoms with Gasteiger partial charge in [0.05, 0.1) is 16.7 Å². The van der Waals surface area contributed by atoms with Crippen LogP contribution in [-0.4, -0.2) is 101 Å². The summed E-state index contributed by atoms with van der Waals surface area (Å²) in [6.07, 6.45) is 0. The standard InChI is InChI=1S/C19H24B4N6O5S/c1-28-16(20,21)17(22,31)29(19(33,34)18(28,23)32)7-2-3-9-10(6-7)26-13(25-9)11-12(24)8-4-5-35-15(8)27-14(11)30/h2-6,31-34H,20-23H2,1H3,(H,25,26)(H3,24,27,30). The molecule has 1 aromatic carbocycles. The summed E-state index contributed by atoms with van der Waals surface area (Å²) >= 11 is 1.38. The number of benzene rings is 1. The van der Waals surface area contributed by atoms with E-state index in [4.69, 9.17) is 5.73 Å². The molecular weight excluding hydrogens is 468 g/mol. The number of imidazole rings is 1. The van der Waals surface area contributed by atoms with E-state index in [2.05, 4.69) is 15.0 Å². The minimum Gasteiger partial charge on any atom is -0.397 e. The average molecular weight is 492 g/mol. The predicted octanol–water partition coefficient (Wildman–Crippen LogP) is -4.42. The minimum absolute atomic E-state index is 0.197. The van der Waals surface area contributed by atoms with Gasteiger partial charge in [-0.25, -0.2) is 4.98 Å². The monoisotopic (exact) mass is 492 g/mol. The lowest BCUT2D eigenvalue weighted by atomic mass is 9.46. The first-order valence-electron chi connectivity index (χ1n) is 10.9. The molecule has 3 aromatic heterocycles. The molecule has 0 radical (unpaired) electrons. The van der Waals surface area contributed by atoms with E-state index >= 15 is 0 Å². The summed E-state index contributed by atoms with van der Waals surface area (Å²) in [6.45, 7) is 0. The number of nitrogen functional groups attached to an aromatic ring is 1. The fraction of sp³-hybridized carbons (Fsp3) is 0.263. The predicted molar refractivity (Wildman–Crippen MR) is 146 cm³/mol. The first kappa shape index (κ1) is 24.0. The zero-order valence-electron chi connectivity index (χ0n) is 19.9. The molecule has 0 spiro atoms. The summed E-state index contributed by atoms with van der Waals surface area (Å²) < 4.78 is 0. The third-order valence-corrected chi connectivity index (χ3v) is 8.50. The number of anilines is 2. The van der Waals surface area contributed by atoms with Gasteiger partial charge in [0, 0.05) is 16.4 Å². The number of hydrogen-bond donors (Lipinski definition) is 7. The fourth-order valence-electron chi connectivity index (χ4n) is 4.84. The zero-order valence-corrected chi connectivity index (χ0v) is 20.7. The summed E-state index contributed by atoms with van der Waals surface area (Å²) in [7, 11) is 7.58. The highest BCUT2D eigenvalue weighted by Gasteiger charge is 2.67. The van der Waals surface area contributed by atoms with Gasteiger partial charge in [-0.2, -0.15) is 0 Å². The van der Waals surface area contributed by atoms with E-state index in [1.807, 2.05) is 11.4 Å². The van der Waals surface area contributed by atoms with Gasteiger partial charge in [0.15, 0.2) is 21.3 Å². The number of hydrogen-bond acceptors (Lipinski definition) is 10. The third kappa shape index (κ3) is 3.01. The molecule has 5 rings (SSSR count). The lowest BCUT2D eigenvalue weighted by Gasteiger charge is -2.67. The largest absolute Gasteiger partial charge is 0.397 e. The van der Waals surface area contributed by atoms with Crippen molar-refractivity contribution in [1.29, 1.82) is 0 Å². The number of nitrogens with two attached hydrogens (primary N) is 1. The Morgan fingerprint density at radius 2 is 1.74 bits per heavy atom. The fourth-order valence-corrected chi connectivity index (χ4v) is 5.64. The smallest absolute Gasteiger partial charge is 0.283 e. The molecule has 1 saturated heterocycles. The van der Waals surface area contributed by atoms with Crippen LogP contribution in [0.2, 0.25) is 0 Å². The van der Waals surface area contributed by atoms with E-state index in [1.54, 1.807) is 33.9 Å². The summed E-state index contributed by atoms with van der Waals surface area (Å²) in [4.78, 5) is 26.1. The van der Waals surface area contributed by atoms with Crippen LogP contribution in [0.3, 0.4) is 0 Å². The summed E-state index contributed by atoms with van der Waals surface area (Å²) in [5, 5.41) is 46.2. The van der Waals surface area contributed by atoms with Crippen molar-refractivity contribution in [3.05, 3.63) is 40.0 Å². The number of rotatable bonds is 2. The highest BCUT2D eigenvalue weighted by molar-refractivity contribution is 7.16. The Labute approximate surface area is 207 Å². The second-order valence-electron chi connectivity index (χ2n) is 9.82. The molecule has 2 unspecified atom stereocenters. The van der Waals surface area contributed by atoms with Crippen molar-refractivity contribution >= 4 is 75.3 Å². The summed E-state index contributed by atoms with van der Waals surface area (Å²) in [5.41, 5.74) is 3.58. The maximum Gasteiger partial charge on any atom is 0.283 e. The first-order valence-corrected chi connectivity index (χ1v) is 11.8. The van der Waals surface area contributed by atoms with E-state index in [0.29, 0.717) is 26.9 Å². The molecule has 0 bridgehead atoms. The van der Waals surface area contributed by atoms with Gasteiger partial charge in [-0.15, -0.1) is 11.3 Å². The first-order chi connectivity index (χ1) is 16.1. The lowest BCUT2D eigenvalue weighted by molar-refractivity contribution is -0.327. The molecule has 1 aliphatic heterocycles. The molecule has 35 heavy (non-hydrogen) atoms. The van der Waals surface area contributed by atoms with Crippen LogP contribution in [0.1, 0.15) is 0 Å². The second kappa shape index (κ2) is 7.15. The molecule has 0 aliphatic carbocycles. The molecular formula is C19H24B4N6O5S. The summed E-state index contributed by atoms with van der Waals surface area (Å²) in [6, 6.07) is 6.55. The zero-order chi connectivity index (χ0) is 25.7. The summed E-state index contributed by atoms with van der Waals surface area (Å²) in [5.74, 6) is -2.62. The SMILES string of the molecule is BC1(B)N(C)C(B)(O)C(O)(O)N(c2ccc3nc(-c4c(N)c5ccsc5[nH]c4=O)[nH]c3c2)C1(B)O. The molecule has 16 heteroatoms. The number of likely N-dealkylation sites (N-methyl/N-ethyl adjacent to an activating group) is 1. The second-order valence-corrected chi connectivity index (χ2v) is 10.7. The number of nitrogens with one attached hydrogen (secondary N) is 2. The van der Waals surface area contributed by atoms with Gasteiger partial charge in [-0.1, -0.05) is 0 Å². The molecule has 0 saturated carbocycles. The van der Waals surface area contributed by atoms with Crippen LogP contribution in [0.25, 0.3) is 32.6 Å². The van der Waals surface area contributed by atoms with Crippen LogP contribution in [0.4, 0.5) is 11.4 Å². The van der Waals surface area contributed by atoms with Crippen LogP contribution >= 0.6 is 11.3 Å². The molecule has 1 aliphatic rings. The number of nitrogens with zero attached hydrogens (tertiary/aromatic N) is 3. The van der Waals surface area contributed by atoms with Crippen LogP contribution in [0.5, 0.6) is 0 Å². The maximum atomic E-state index is 12.8. The van der Waals surface area contributed by atoms with Crippen molar-refractivity contribution in [1.82, 2.24) is 19.9 Å². The van der Waals surface area contributed by atoms with Gasteiger partial charge >= 0.3 is 0 Å². The van der Waals surface area contributed by atoms with Crippen LogP contribution in [0, 0.1) is 0 Å². The van der Waals surface area contributed by atoms with E-state index in [1.165, 1.54) is 39.0 Å². The number of H-pyrrole nitrogens is 2. The average Bonchev–Trinajstić information content (AvgIpc) is 3.38. The Balaban J connectivity index is 1.68. The lowest BCUT2D eigenvalue weighted by Crippen LogP contribution is -2.91. The van der Waals surface area contributed by atoms with Crippen molar-refractivity contribution < 1.29 is 20.4 Å². The topological polar surface area (TPSA) is 175 Å². The van der Waals surface area contributed by atoms with Gasteiger partial charge in [0.2, 0.25) is 0 Å². The van der Waals surface area contributed by atoms with Gasteiger partial charge < -0.3 is 36.1 Å². The quantitative estimate of drug-likeness (QED) is 0.108. The van der Waals surface area contributed by atoms with E-state index < -0.39 is 22.5 Å². The normalized spacial score (nSPS) is 26.5. The Hall–Kier alpha value is -2.74. The van der Waals surface area contributed by atoms with Gasteiger partial charge in [-0.05, 0) is 36.7 Å². The van der Waals surface area contributed by atoms with Crippen LogP contribution < -0.4 is 16.2 Å². The Morgan fingerprint density at radius 3 is 2.43 bits per heavy atom. The van der Waals surface area contributed by atoms with E-state index in [-0.39, 0.29) is 22.6 Å². The molecule has 11 nitrogen and oxygen atoms in total. The highest BCUT2D eigenvalue weighted by atomic mass is 32.1.